The maximum absolute atomic E-state index is 13.1. The maximum Gasteiger partial charge on any atom is 0.232 e. The summed E-state index contributed by atoms with van der Waals surface area (Å²) in [7, 11) is 1.58. The quantitative estimate of drug-likeness (QED) is 0.458. The first-order chi connectivity index (χ1) is 16.0. The Morgan fingerprint density at radius 3 is 2.52 bits per heavy atom. The summed E-state index contributed by atoms with van der Waals surface area (Å²) in [5, 5.41) is 22.7. The Bertz CT molecular complexity index is 887. The van der Waals surface area contributed by atoms with Gasteiger partial charge in [-0.05, 0) is 62.2 Å². The minimum absolute atomic E-state index is 0.0827. The molecule has 1 fully saturated rings. The topological polar surface area (TPSA) is 91.3 Å². The Balaban J connectivity index is 1.69. The van der Waals surface area contributed by atoms with Gasteiger partial charge in [-0.15, -0.1) is 0 Å². The van der Waals surface area contributed by atoms with Gasteiger partial charge in [0.15, 0.2) is 11.5 Å². The zero-order valence-electron chi connectivity index (χ0n) is 19.0. The van der Waals surface area contributed by atoms with Gasteiger partial charge in [-0.2, -0.15) is 0 Å². The average Bonchev–Trinajstić information content (AvgIpc) is 2.84. The number of aliphatic hydroxyl groups is 2. The van der Waals surface area contributed by atoms with Crippen LogP contribution >= 0.6 is 11.6 Å². The fourth-order valence-electron chi connectivity index (χ4n) is 4.00. The van der Waals surface area contributed by atoms with Gasteiger partial charge in [0.25, 0.3) is 0 Å². The molecule has 1 aliphatic heterocycles. The van der Waals surface area contributed by atoms with Gasteiger partial charge in [-0.3, -0.25) is 9.69 Å². The minimum Gasteiger partial charge on any atom is -0.493 e. The van der Waals surface area contributed by atoms with Crippen LogP contribution < -0.4 is 14.8 Å². The predicted molar refractivity (Wildman–Crippen MR) is 129 cm³/mol. The van der Waals surface area contributed by atoms with E-state index < -0.39 is 18.6 Å². The Morgan fingerprint density at radius 1 is 1.12 bits per heavy atom. The van der Waals surface area contributed by atoms with Gasteiger partial charge >= 0.3 is 0 Å². The molecule has 0 spiro atoms. The molecule has 33 heavy (non-hydrogen) atoms. The van der Waals surface area contributed by atoms with Gasteiger partial charge in [0.05, 0.1) is 25.7 Å². The second kappa shape index (κ2) is 12.8. The molecule has 2 atom stereocenters. The Morgan fingerprint density at radius 2 is 1.85 bits per heavy atom. The number of rotatable bonds is 11. The summed E-state index contributed by atoms with van der Waals surface area (Å²) < 4.78 is 11.4. The van der Waals surface area contributed by atoms with Crippen LogP contribution in [-0.4, -0.2) is 67.1 Å². The lowest BCUT2D eigenvalue weighted by Gasteiger charge is -2.26. The SMILES string of the molecule is COc1ccc(NC(=O)C(CC(O)CO)c2ccc(Cl)cc2)cc1OCCN1CCCCC1. The van der Waals surface area contributed by atoms with Crippen LogP contribution in [0.25, 0.3) is 0 Å². The molecular weight excluding hydrogens is 444 g/mol. The molecule has 0 saturated carbocycles. The van der Waals surface area contributed by atoms with E-state index in [1.165, 1.54) is 19.3 Å². The summed E-state index contributed by atoms with van der Waals surface area (Å²) in [5.74, 6) is 0.201. The molecule has 7 nitrogen and oxygen atoms in total. The fourth-order valence-corrected chi connectivity index (χ4v) is 4.13. The number of carbonyl (C=O) groups is 1. The highest BCUT2D eigenvalue weighted by molar-refractivity contribution is 6.30. The summed E-state index contributed by atoms with van der Waals surface area (Å²) in [6, 6.07) is 12.1. The van der Waals surface area contributed by atoms with E-state index in [0.29, 0.717) is 34.4 Å². The highest BCUT2D eigenvalue weighted by Crippen LogP contribution is 2.32. The zero-order valence-corrected chi connectivity index (χ0v) is 19.8. The largest absolute Gasteiger partial charge is 0.493 e. The number of nitrogens with zero attached hydrogens (tertiary/aromatic N) is 1. The zero-order chi connectivity index (χ0) is 23.6. The fraction of sp³-hybridized carbons (Fsp3) is 0.480. The van der Waals surface area contributed by atoms with Gasteiger partial charge in [-0.25, -0.2) is 0 Å². The first-order valence-electron chi connectivity index (χ1n) is 11.4. The lowest BCUT2D eigenvalue weighted by atomic mass is 9.92. The summed E-state index contributed by atoms with van der Waals surface area (Å²) >= 11 is 5.98. The van der Waals surface area contributed by atoms with Crippen LogP contribution in [0.3, 0.4) is 0 Å². The number of hydrogen-bond acceptors (Lipinski definition) is 6. The first kappa shape index (κ1) is 25.3. The Labute approximate surface area is 200 Å². The van der Waals surface area contributed by atoms with Crippen LogP contribution in [0.1, 0.15) is 37.2 Å². The molecule has 2 unspecified atom stereocenters. The average molecular weight is 477 g/mol. The van der Waals surface area contributed by atoms with Crippen LogP contribution in [0.2, 0.25) is 5.02 Å². The van der Waals surface area contributed by atoms with Crippen molar-refractivity contribution in [1.82, 2.24) is 4.90 Å². The van der Waals surface area contributed by atoms with Crippen molar-refractivity contribution in [3.05, 3.63) is 53.1 Å². The van der Waals surface area contributed by atoms with E-state index in [2.05, 4.69) is 10.2 Å². The van der Waals surface area contributed by atoms with E-state index in [1.54, 1.807) is 49.6 Å². The smallest absolute Gasteiger partial charge is 0.232 e. The molecule has 0 aromatic heterocycles. The Kier molecular flexibility index (Phi) is 9.81. The van der Waals surface area contributed by atoms with Crippen molar-refractivity contribution in [3.63, 3.8) is 0 Å². The van der Waals surface area contributed by atoms with E-state index in [4.69, 9.17) is 21.1 Å². The van der Waals surface area contributed by atoms with Gasteiger partial charge in [0.1, 0.15) is 6.61 Å². The molecule has 8 heteroatoms. The van der Waals surface area contributed by atoms with Crippen LogP contribution in [0.5, 0.6) is 11.5 Å². The predicted octanol–water partition coefficient (Wildman–Crippen LogP) is 3.68. The number of amides is 1. The normalized spacial score (nSPS) is 16.1. The standard InChI is InChI=1S/C25H33ClN2O5/c1-32-23-10-9-20(15-24(23)33-14-13-28-11-3-2-4-12-28)27-25(31)22(16-21(30)17-29)18-5-7-19(26)8-6-18/h5-10,15,21-22,29-30H,2-4,11-14,16-17H2,1H3,(H,27,31). The third kappa shape index (κ3) is 7.61. The lowest BCUT2D eigenvalue weighted by Crippen LogP contribution is -2.33. The molecule has 1 heterocycles. The number of piperidine rings is 1. The number of ether oxygens (including phenoxy) is 2. The molecule has 2 aromatic rings. The number of anilines is 1. The summed E-state index contributed by atoms with van der Waals surface area (Å²) in [4.78, 5) is 15.5. The van der Waals surface area contributed by atoms with Crippen LogP contribution in [-0.2, 0) is 4.79 Å². The first-order valence-corrected chi connectivity index (χ1v) is 11.8. The molecule has 0 aliphatic carbocycles. The molecule has 2 aromatic carbocycles. The van der Waals surface area contributed by atoms with Gasteiger partial charge in [0, 0.05) is 23.3 Å². The molecule has 0 bridgehead atoms. The van der Waals surface area contributed by atoms with E-state index in [0.717, 1.165) is 19.6 Å². The van der Waals surface area contributed by atoms with Crippen molar-refractivity contribution >= 4 is 23.2 Å². The summed E-state index contributed by atoms with van der Waals surface area (Å²) in [6.45, 7) is 3.15. The number of methoxy groups -OCH3 is 1. The van der Waals surface area contributed by atoms with Crippen molar-refractivity contribution in [3.8, 4) is 11.5 Å². The van der Waals surface area contributed by atoms with Crippen molar-refractivity contribution in [2.45, 2.75) is 37.7 Å². The molecule has 1 aliphatic rings. The van der Waals surface area contributed by atoms with Crippen molar-refractivity contribution in [2.75, 3.05) is 45.3 Å². The molecule has 180 valence electrons. The number of nitrogens with one attached hydrogen (secondary N) is 1. The lowest BCUT2D eigenvalue weighted by molar-refractivity contribution is -0.118. The number of carbonyl (C=O) groups excluding carboxylic acids is 1. The van der Waals surface area contributed by atoms with Crippen LogP contribution in [0.4, 0.5) is 5.69 Å². The Hall–Kier alpha value is -2.32. The second-order valence-corrected chi connectivity index (χ2v) is 8.72. The second-order valence-electron chi connectivity index (χ2n) is 8.28. The number of hydrogen-bond donors (Lipinski definition) is 3. The van der Waals surface area contributed by atoms with Gasteiger partial charge in [0.2, 0.25) is 5.91 Å². The summed E-state index contributed by atoms with van der Waals surface area (Å²) in [5.41, 5.74) is 1.27. The van der Waals surface area contributed by atoms with Crippen molar-refractivity contribution in [2.24, 2.45) is 0 Å². The third-order valence-corrected chi connectivity index (χ3v) is 6.10. The van der Waals surface area contributed by atoms with E-state index in [-0.39, 0.29) is 12.3 Å². The number of halogens is 1. The molecular formula is C25H33ClN2O5. The number of likely N-dealkylation sites (tertiary alicyclic amines) is 1. The molecule has 0 radical (unpaired) electrons. The minimum atomic E-state index is -1.01. The highest BCUT2D eigenvalue weighted by atomic mass is 35.5. The molecule has 3 N–H and O–H groups in total. The van der Waals surface area contributed by atoms with Crippen LogP contribution in [0.15, 0.2) is 42.5 Å². The molecule has 1 saturated heterocycles. The van der Waals surface area contributed by atoms with Crippen LogP contribution in [0, 0.1) is 0 Å². The summed E-state index contributed by atoms with van der Waals surface area (Å²) in [6.07, 6.45) is 2.81. The van der Waals surface area contributed by atoms with E-state index in [9.17, 15) is 15.0 Å². The monoisotopic (exact) mass is 476 g/mol. The number of aliphatic hydroxyl groups excluding tert-OH is 2. The third-order valence-electron chi connectivity index (χ3n) is 5.85. The maximum atomic E-state index is 13.1. The molecule has 1 amide bonds. The van der Waals surface area contributed by atoms with Gasteiger partial charge < -0.3 is 25.0 Å². The van der Waals surface area contributed by atoms with Crippen molar-refractivity contribution in [1.29, 1.82) is 0 Å². The van der Waals surface area contributed by atoms with E-state index >= 15 is 0 Å². The number of benzene rings is 2. The van der Waals surface area contributed by atoms with Crippen molar-refractivity contribution < 1.29 is 24.5 Å². The molecule has 3 rings (SSSR count). The highest BCUT2D eigenvalue weighted by Gasteiger charge is 2.24. The van der Waals surface area contributed by atoms with E-state index in [1.807, 2.05) is 0 Å². The van der Waals surface area contributed by atoms with Gasteiger partial charge in [-0.1, -0.05) is 30.2 Å².